The fourth-order valence-corrected chi connectivity index (χ4v) is 3.88. The van der Waals surface area contributed by atoms with Crippen LogP contribution in [0.1, 0.15) is 44.9 Å². The molecule has 0 bridgehead atoms. The third-order valence-electron chi connectivity index (χ3n) is 5.23. The van der Waals surface area contributed by atoms with Crippen LogP contribution in [0.15, 0.2) is 0 Å². The molecule has 3 aliphatic rings. The maximum Gasteiger partial charge on any atom is 0.237 e. The molecule has 114 valence electrons. The Morgan fingerprint density at radius 3 is 2.65 bits per heavy atom. The Bertz CT molecular complexity index is 322. The van der Waals surface area contributed by atoms with Crippen molar-refractivity contribution in [3.05, 3.63) is 0 Å². The van der Waals surface area contributed by atoms with E-state index < -0.39 is 0 Å². The molecule has 1 atom stereocenters. The molecule has 3 rings (SSSR count). The van der Waals surface area contributed by atoms with Gasteiger partial charge < -0.3 is 9.64 Å². The molecule has 0 radical (unpaired) electrons. The number of hydrogen-bond donors (Lipinski definition) is 0. The van der Waals surface area contributed by atoms with Crippen molar-refractivity contribution in [2.45, 2.75) is 51.0 Å². The van der Waals surface area contributed by atoms with E-state index in [0.717, 1.165) is 38.8 Å². The number of hydrogen-bond acceptors (Lipinski definition) is 3. The van der Waals surface area contributed by atoms with E-state index in [1.807, 2.05) is 0 Å². The minimum absolute atomic E-state index is 0.367. The van der Waals surface area contributed by atoms with Crippen LogP contribution >= 0.6 is 0 Å². The minimum atomic E-state index is 0.367. The van der Waals surface area contributed by atoms with Gasteiger partial charge >= 0.3 is 0 Å². The van der Waals surface area contributed by atoms with Crippen molar-refractivity contribution in [1.82, 2.24) is 9.80 Å². The van der Waals surface area contributed by atoms with Gasteiger partial charge in [-0.25, -0.2) is 0 Å². The number of nitrogens with zero attached hydrogens (tertiary/aromatic N) is 2. The minimum Gasteiger partial charge on any atom is -0.381 e. The van der Waals surface area contributed by atoms with Crippen LogP contribution in [0.3, 0.4) is 0 Å². The molecule has 4 heteroatoms. The monoisotopic (exact) mass is 280 g/mol. The number of ether oxygens (including phenoxy) is 1. The molecule has 1 saturated carbocycles. The van der Waals surface area contributed by atoms with E-state index in [0.29, 0.717) is 18.5 Å². The summed E-state index contributed by atoms with van der Waals surface area (Å²) in [5.41, 5.74) is 0. The summed E-state index contributed by atoms with van der Waals surface area (Å²) >= 11 is 0. The molecule has 2 saturated heterocycles. The smallest absolute Gasteiger partial charge is 0.237 e. The molecule has 20 heavy (non-hydrogen) atoms. The molecule has 0 aromatic carbocycles. The Morgan fingerprint density at radius 1 is 1.10 bits per heavy atom. The van der Waals surface area contributed by atoms with Crippen LogP contribution in [0.5, 0.6) is 0 Å². The fraction of sp³-hybridized carbons (Fsp3) is 0.938. The largest absolute Gasteiger partial charge is 0.381 e. The molecule has 0 spiro atoms. The van der Waals surface area contributed by atoms with Gasteiger partial charge in [-0.3, -0.25) is 9.69 Å². The van der Waals surface area contributed by atoms with Gasteiger partial charge in [0.1, 0.15) is 0 Å². The summed E-state index contributed by atoms with van der Waals surface area (Å²) < 4.78 is 5.42. The SMILES string of the molecule is O=C1CN(CCC2CCOC2)CCN1C1CCCCC1. The van der Waals surface area contributed by atoms with Crippen LogP contribution < -0.4 is 0 Å². The van der Waals surface area contributed by atoms with E-state index in [2.05, 4.69) is 9.80 Å². The predicted octanol–water partition coefficient (Wildman–Crippen LogP) is 1.89. The van der Waals surface area contributed by atoms with Gasteiger partial charge in [0.05, 0.1) is 6.54 Å². The molecular weight excluding hydrogens is 252 g/mol. The summed E-state index contributed by atoms with van der Waals surface area (Å²) in [4.78, 5) is 16.9. The van der Waals surface area contributed by atoms with Gasteiger partial charge in [-0.2, -0.15) is 0 Å². The van der Waals surface area contributed by atoms with Crippen LogP contribution in [0.25, 0.3) is 0 Å². The number of amides is 1. The summed E-state index contributed by atoms with van der Waals surface area (Å²) in [5.74, 6) is 1.09. The average Bonchev–Trinajstić information content (AvgIpc) is 2.99. The van der Waals surface area contributed by atoms with Gasteiger partial charge in [0, 0.05) is 32.3 Å². The first-order valence-corrected chi connectivity index (χ1v) is 8.42. The second-order valence-electron chi connectivity index (χ2n) is 6.67. The van der Waals surface area contributed by atoms with Gasteiger partial charge in [-0.1, -0.05) is 19.3 Å². The van der Waals surface area contributed by atoms with Gasteiger partial charge in [0.15, 0.2) is 0 Å². The molecule has 0 aromatic rings. The van der Waals surface area contributed by atoms with E-state index >= 15 is 0 Å². The Hall–Kier alpha value is -0.610. The molecule has 1 aliphatic carbocycles. The second-order valence-corrected chi connectivity index (χ2v) is 6.67. The van der Waals surface area contributed by atoms with Crippen LogP contribution in [0, 0.1) is 5.92 Å². The molecular formula is C16H28N2O2. The van der Waals surface area contributed by atoms with Crippen molar-refractivity contribution >= 4 is 5.91 Å². The van der Waals surface area contributed by atoms with Crippen molar-refractivity contribution in [2.75, 3.05) is 39.4 Å². The first-order chi connectivity index (χ1) is 9.83. The Labute approximate surface area is 122 Å². The number of rotatable bonds is 4. The van der Waals surface area contributed by atoms with Crippen molar-refractivity contribution in [1.29, 1.82) is 0 Å². The fourth-order valence-electron chi connectivity index (χ4n) is 3.88. The molecule has 4 nitrogen and oxygen atoms in total. The zero-order valence-corrected chi connectivity index (χ0v) is 12.6. The van der Waals surface area contributed by atoms with Crippen LogP contribution in [-0.4, -0.2) is 61.1 Å². The highest BCUT2D eigenvalue weighted by atomic mass is 16.5. The van der Waals surface area contributed by atoms with Gasteiger partial charge in [0.2, 0.25) is 5.91 Å². The van der Waals surface area contributed by atoms with Gasteiger partial charge in [0.25, 0.3) is 0 Å². The Balaban J connectivity index is 1.42. The molecule has 1 amide bonds. The van der Waals surface area contributed by atoms with Crippen molar-refractivity contribution in [3.63, 3.8) is 0 Å². The molecule has 2 aliphatic heterocycles. The highest BCUT2D eigenvalue weighted by molar-refractivity contribution is 5.79. The van der Waals surface area contributed by atoms with E-state index in [-0.39, 0.29) is 0 Å². The predicted molar refractivity (Wildman–Crippen MR) is 78.6 cm³/mol. The first kappa shape index (κ1) is 14.3. The van der Waals surface area contributed by atoms with E-state index in [1.165, 1.54) is 44.9 Å². The standard InChI is InChI=1S/C16H28N2O2/c19-16-12-17(8-6-14-7-11-20-13-14)9-10-18(16)15-4-2-1-3-5-15/h14-15H,1-13H2. The van der Waals surface area contributed by atoms with E-state index in [9.17, 15) is 4.79 Å². The Kier molecular flexibility index (Phi) is 4.94. The Morgan fingerprint density at radius 2 is 1.95 bits per heavy atom. The lowest BCUT2D eigenvalue weighted by Crippen LogP contribution is -2.54. The first-order valence-electron chi connectivity index (χ1n) is 8.42. The lowest BCUT2D eigenvalue weighted by Gasteiger charge is -2.40. The van der Waals surface area contributed by atoms with Gasteiger partial charge in [-0.15, -0.1) is 0 Å². The highest BCUT2D eigenvalue weighted by Crippen LogP contribution is 2.24. The van der Waals surface area contributed by atoms with Crippen LogP contribution in [-0.2, 0) is 9.53 Å². The van der Waals surface area contributed by atoms with E-state index in [1.54, 1.807) is 0 Å². The third kappa shape index (κ3) is 3.53. The van der Waals surface area contributed by atoms with Crippen molar-refractivity contribution in [3.8, 4) is 0 Å². The quantitative estimate of drug-likeness (QED) is 0.788. The topological polar surface area (TPSA) is 32.8 Å². The highest BCUT2D eigenvalue weighted by Gasteiger charge is 2.30. The number of carbonyl (C=O) groups is 1. The summed E-state index contributed by atoms with van der Waals surface area (Å²) in [6, 6.07) is 0.543. The number of piperazine rings is 1. The molecule has 0 N–H and O–H groups in total. The van der Waals surface area contributed by atoms with Gasteiger partial charge in [-0.05, 0) is 38.1 Å². The molecule has 1 unspecified atom stereocenters. The van der Waals surface area contributed by atoms with Crippen LogP contribution in [0.4, 0.5) is 0 Å². The number of carbonyl (C=O) groups excluding carboxylic acids is 1. The zero-order valence-electron chi connectivity index (χ0n) is 12.6. The molecule has 3 fully saturated rings. The van der Waals surface area contributed by atoms with Crippen molar-refractivity contribution in [2.24, 2.45) is 5.92 Å². The van der Waals surface area contributed by atoms with Crippen LogP contribution in [0.2, 0.25) is 0 Å². The summed E-state index contributed by atoms with van der Waals surface area (Å²) in [5, 5.41) is 0. The summed E-state index contributed by atoms with van der Waals surface area (Å²) in [6.07, 6.45) is 8.82. The third-order valence-corrected chi connectivity index (χ3v) is 5.23. The average molecular weight is 280 g/mol. The normalized spacial score (nSPS) is 30.1. The second kappa shape index (κ2) is 6.90. The summed E-state index contributed by atoms with van der Waals surface area (Å²) in [7, 11) is 0. The van der Waals surface area contributed by atoms with E-state index in [4.69, 9.17) is 4.74 Å². The molecule has 0 aromatic heterocycles. The maximum absolute atomic E-state index is 12.4. The summed E-state index contributed by atoms with van der Waals surface area (Å²) in [6.45, 7) is 5.58. The zero-order chi connectivity index (χ0) is 13.8. The lowest BCUT2D eigenvalue weighted by atomic mass is 9.93. The van der Waals surface area contributed by atoms with Crippen molar-refractivity contribution < 1.29 is 9.53 Å². The lowest BCUT2D eigenvalue weighted by molar-refractivity contribution is -0.139. The maximum atomic E-state index is 12.4. The molecule has 2 heterocycles.